The molecule has 28 heavy (non-hydrogen) atoms. The normalized spacial score (nSPS) is 26.3. The highest BCUT2D eigenvalue weighted by Crippen LogP contribution is 2.47. The SMILES string of the molecule is CC12CCC(=O)N1C(C(=O)Nc1ccc(N3CCc4sccc4C3)cc1)CS2. The minimum Gasteiger partial charge on any atom is -0.367 e. The zero-order valence-corrected chi connectivity index (χ0v) is 17.4. The van der Waals surface area contributed by atoms with Gasteiger partial charge >= 0.3 is 0 Å². The molecule has 0 bridgehead atoms. The summed E-state index contributed by atoms with van der Waals surface area (Å²) < 4.78 is 0. The molecule has 5 rings (SSSR count). The number of carbonyl (C=O) groups is 2. The Labute approximate surface area is 173 Å². The van der Waals surface area contributed by atoms with Crippen LogP contribution >= 0.6 is 23.1 Å². The molecular weight excluding hydrogens is 390 g/mol. The number of benzene rings is 1. The van der Waals surface area contributed by atoms with Crippen LogP contribution in [0.5, 0.6) is 0 Å². The average molecular weight is 414 g/mol. The summed E-state index contributed by atoms with van der Waals surface area (Å²) in [5, 5.41) is 5.18. The summed E-state index contributed by atoms with van der Waals surface area (Å²) in [6, 6.07) is 9.91. The van der Waals surface area contributed by atoms with E-state index in [9.17, 15) is 9.59 Å². The number of nitrogens with zero attached hydrogens (tertiary/aromatic N) is 2. The van der Waals surface area contributed by atoms with E-state index < -0.39 is 0 Å². The molecule has 0 saturated carbocycles. The van der Waals surface area contributed by atoms with Crippen molar-refractivity contribution in [3.63, 3.8) is 0 Å². The van der Waals surface area contributed by atoms with Gasteiger partial charge < -0.3 is 15.1 Å². The third-order valence-corrected chi connectivity index (χ3v) is 8.58. The first-order valence-electron chi connectivity index (χ1n) is 9.71. The van der Waals surface area contributed by atoms with Gasteiger partial charge in [0.05, 0.1) is 4.87 Å². The minimum absolute atomic E-state index is 0.0832. The van der Waals surface area contributed by atoms with Gasteiger partial charge in [-0.15, -0.1) is 23.1 Å². The summed E-state index contributed by atoms with van der Waals surface area (Å²) in [7, 11) is 0. The average Bonchev–Trinajstić information content (AvgIpc) is 3.37. The van der Waals surface area contributed by atoms with Crippen LogP contribution in [0.1, 0.15) is 30.2 Å². The predicted octanol–water partition coefficient (Wildman–Crippen LogP) is 3.70. The Morgan fingerprint density at radius 2 is 2.04 bits per heavy atom. The van der Waals surface area contributed by atoms with Crippen LogP contribution in [0, 0.1) is 0 Å². The lowest BCUT2D eigenvalue weighted by Crippen LogP contribution is -2.48. The number of fused-ring (bicyclic) bond motifs is 2. The number of nitrogens with one attached hydrogen (secondary N) is 1. The van der Waals surface area contributed by atoms with E-state index in [1.807, 2.05) is 23.5 Å². The maximum Gasteiger partial charge on any atom is 0.248 e. The van der Waals surface area contributed by atoms with E-state index in [1.165, 1.54) is 16.1 Å². The van der Waals surface area contributed by atoms with Crippen molar-refractivity contribution in [1.82, 2.24) is 4.90 Å². The molecule has 0 spiro atoms. The van der Waals surface area contributed by atoms with E-state index in [2.05, 4.69) is 40.7 Å². The molecule has 1 aromatic carbocycles. The van der Waals surface area contributed by atoms with Gasteiger partial charge in [0, 0.05) is 41.5 Å². The second kappa shape index (κ2) is 6.81. The first-order chi connectivity index (χ1) is 13.5. The van der Waals surface area contributed by atoms with Crippen LogP contribution in [0.4, 0.5) is 11.4 Å². The molecular formula is C21H23N3O2S2. The molecule has 2 saturated heterocycles. The summed E-state index contributed by atoms with van der Waals surface area (Å²) in [5.74, 6) is 0.684. The molecule has 2 amide bonds. The van der Waals surface area contributed by atoms with E-state index >= 15 is 0 Å². The second-order valence-electron chi connectivity index (χ2n) is 7.84. The molecule has 5 nitrogen and oxygen atoms in total. The van der Waals surface area contributed by atoms with Crippen LogP contribution in [-0.4, -0.2) is 39.9 Å². The van der Waals surface area contributed by atoms with Gasteiger partial charge in [0.15, 0.2) is 0 Å². The molecule has 2 fully saturated rings. The van der Waals surface area contributed by atoms with Crippen molar-refractivity contribution in [1.29, 1.82) is 0 Å². The van der Waals surface area contributed by atoms with Crippen molar-refractivity contribution in [2.45, 2.75) is 43.6 Å². The summed E-state index contributed by atoms with van der Waals surface area (Å²) in [4.78, 5) is 30.5. The largest absolute Gasteiger partial charge is 0.367 e. The van der Waals surface area contributed by atoms with Gasteiger partial charge in [0.2, 0.25) is 11.8 Å². The van der Waals surface area contributed by atoms with Crippen LogP contribution in [0.3, 0.4) is 0 Å². The van der Waals surface area contributed by atoms with Crippen molar-refractivity contribution in [2.24, 2.45) is 0 Å². The monoisotopic (exact) mass is 413 g/mol. The Morgan fingerprint density at radius 1 is 1.21 bits per heavy atom. The molecule has 0 aliphatic carbocycles. The van der Waals surface area contributed by atoms with Gasteiger partial charge in [-0.25, -0.2) is 0 Å². The molecule has 2 atom stereocenters. The molecule has 1 aromatic heterocycles. The summed E-state index contributed by atoms with van der Waals surface area (Å²) >= 11 is 3.57. The summed E-state index contributed by atoms with van der Waals surface area (Å²) in [5.41, 5.74) is 3.38. The highest BCUT2D eigenvalue weighted by atomic mass is 32.2. The van der Waals surface area contributed by atoms with Gasteiger partial charge in [-0.2, -0.15) is 0 Å². The van der Waals surface area contributed by atoms with Crippen LogP contribution < -0.4 is 10.2 Å². The van der Waals surface area contributed by atoms with Crippen LogP contribution in [0.2, 0.25) is 0 Å². The quantitative estimate of drug-likeness (QED) is 0.834. The summed E-state index contributed by atoms with van der Waals surface area (Å²) in [6.07, 6.45) is 2.47. The number of rotatable bonds is 3. The highest BCUT2D eigenvalue weighted by Gasteiger charge is 2.52. The van der Waals surface area contributed by atoms with Crippen LogP contribution in [0.25, 0.3) is 0 Å². The first kappa shape index (κ1) is 18.1. The smallest absolute Gasteiger partial charge is 0.248 e. The maximum atomic E-state index is 12.8. The third kappa shape index (κ3) is 3.01. The number of hydrogen-bond donors (Lipinski definition) is 1. The van der Waals surface area contributed by atoms with Gasteiger partial charge in [-0.1, -0.05) is 0 Å². The summed E-state index contributed by atoms with van der Waals surface area (Å²) in [6.45, 7) is 4.04. The van der Waals surface area contributed by atoms with Gasteiger partial charge in [0.25, 0.3) is 0 Å². The molecule has 4 heterocycles. The highest BCUT2D eigenvalue weighted by molar-refractivity contribution is 8.01. The van der Waals surface area contributed by atoms with Gasteiger partial charge in [0.1, 0.15) is 6.04 Å². The topological polar surface area (TPSA) is 52.7 Å². The third-order valence-electron chi connectivity index (χ3n) is 6.06. The van der Waals surface area contributed by atoms with Crippen molar-refractivity contribution in [3.8, 4) is 0 Å². The Hall–Kier alpha value is -1.99. The lowest BCUT2D eigenvalue weighted by Gasteiger charge is -2.30. The molecule has 2 aromatic rings. The van der Waals surface area contributed by atoms with Crippen molar-refractivity contribution < 1.29 is 9.59 Å². The molecule has 1 N–H and O–H groups in total. The van der Waals surface area contributed by atoms with E-state index in [-0.39, 0.29) is 22.7 Å². The maximum absolute atomic E-state index is 12.8. The van der Waals surface area contributed by atoms with Crippen LogP contribution in [0.15, 0.2) is 35.7 Å². The number of carbonyl (C=O) groups excluding carboxylic acids is 2. The second-order valence-corrected chi connectivity index (χ2v) is 10.3. The lowest BCUT2D eigenvalue weighted by atomic mass is 10.1. The predicted molar refractivity (Wildman–Crippen MR) is 115 cm³/mol. The van der Waals surface area contributed by atoms with Crippen molar-refractivity contribution in [3.05, 3.63) is 46.2 Å². The lowest BCUT2D eigenvalue weighted by molar-refractivity contribution is -0.135. The van der Waals surface area contributed by atoms with Crippen molar-refractivity contribution >= 4 is 46.3 Å². The van der Waals surface area contributed by atoms with E-state index in [0.717, 1.165) is 31.6 Å². The zero-order chi connectivity index (χ0) is 19.3. The molecule has 0 radical (unpaired) electrons. The van der Waals surface area contributed by atoms with Crippen molar-refractivity contribution in [2.75, 3.05) is 22.5 Å². The number of amides is 2. The van der Waals surface area contributed by atoms with Gasteiger partial charge in [-0.3, -0.25) is 9.59 Å². The standard InChI is InChI=1S/C21H23N3O2S2/c1-21-9-6-19(25)24(21)17(13-28-21)20(26)22-15-2-4-16(5-3-15)23-10-7-18-14(12-23)8-11-27-18/h2-5,8,11,17H,6-7,9-10,12-13H2,1H3,(H,22,26). The Balaban J connectivity index is 1.26. The number of anilines is 2. The number of thioether (sulfide) groups is 1. The number of hydrogen-bond acceptors (Lipinski definition) is 5. The fourth-order valence-corrected chi connectivity index (χ4v) is 6.79. The molecule has 3 aliphatic heterocycles. The fourth-order valence-electron chi connectivity index (χ4n) is 4.46. The van der Waals surface area contributed by atoms with E-state index in [1.54, 1.807) is 16.7 Å². The van der Waals surface area contributed by atoms with E-state index in [0.29, 0.717) is 12.2 Å². The molecule has 7 heteroatoms. The van der Waals surface area contributed by atoms with Gasteiger partial charge in [-0.05, 0) is 61.0 Å². The van der Waals surface area contributed by atoms with Crippen LogP contribution in [-0.2, 0) is 22.6 Å². The fraction of sp³-hybridized carbons (Fsp3) is 0.429. The minimum atomic E-state index is -0.371. The Kier molecular flexibility index (Phi) is 4.39. The first-order valence-corrected chi connectivity index (χ1v) is 11.6. The zero-order valence-electron chi connectivity index (χ0n) is 15.8. The molecule has 146 valence electrons. The molecule has 2 unspecified atom stereocenters. The van der Waals surface area contributed by atoms with E-state index in [4.69, 9.17) is 0 Å². The Bertz CT molecular complexity index is 926. The Morgan fingerprint density at radius 3 is 2.86 bits per heavy atom. The molecule has 3 aliphatic rings. The number of thiophene rings is 1.